The van der Waals surface area contributed by atoms with Gasteiger partial charge in [0.05, 0.1) is 6.61 Å². The van der Waals surface area contributed by atoms with Gasteiger partial charge >= 0.3 is 0 Å². The first kappa shape index (κ1) is 10.5. The van der Waals surface area contributed by atoms with E-state index >= 15 is 0 Å². The molecule has 3 nitrogen and oxygen atoms in total. The average molecular weight is 246 g/mol. The maximum atomic E-state index is 8.58. The number of benzene rings is 1. The van der Waals surface area contributed by atoms with E-state index in [1.165, 1.54) is 0 Å². The molecule has 0 aliphatic carbocycles. The van der Waals surface area contributed by atoms with Crippen molar-refractivity contribution in [2.45, 2.75) is 6.54 Å². The van der Waals surface area contributed by atoms with Crippen molar-refractivity contribution in [1.29, 1.82) is 0 Å². The lowest BCUT2D eigenvalue weighted by Crippen LogP contribution is -2.06. The van der Waals surface area contributed by atoms with Gasteiger partial charge in [0.1, 0.15) is 12.4 Å². The number of nitrogens with two attached hydrogens (primary N) is 1. The Kier molecular flexibility index (Phi) is 4.21. The van der Waals surface area contributed by atoms with Crippen LogP contribution in [0, 0.1) is 0 Å². The quantitative estimate of drug-likeness (QED) is 0.841. The molecule has 0 spiro atoms. The highest BCUT2D eigenvalue weighted by atomic mass is 79.9. The molecule has 1 aromatic rings. The molecule has 0 amide bonds. The molecule has 0 aromatic heterocycles. The van der Waals surface area contributed by atoms with Crippen molar-refractivity contribution >= 4 is 15.9 Å². The fraction of sp³-hybridized carbons (Fsp3) is 0.333. The Morgan fingerprint density at radius 1 is 1.46 bits per heavy atom. The molecule has 0 fully saturated rings. The van der Waals surface area contributed by atoms with E-state index in [-0.39, 0.29) is 6.61 Å². The van der Waals surface area contributed by atoms with Gasteiger partial charge in [0.25, 0.3) is 0 Å². The van der Waals surface area contributed by atoms with Crippen LogP contribution in [0.4, 0.5) is 0 Å². The number of ether oxygens (including phenoxy) is 1. The molecule has 0 heterocycles. The van der Waals surface area contributed by atoms with Crippen molar-refractivity contribution in [3.8, 4) is 5.75 Å². The van der Waals surface area contributed by atoms with Crippen LogP contribution in [0.1, 0.15) is 5.56 Å². The molecule has 0 bridgehead atoms. The smallest absolute Gasteiger partial charge is 0.123 e. The van der Waals surface area contributed by atoms with Crippen LogP contribution in [0.2, 0.25) is 0 Å². The molecule has 0 aliphatic rings. The summed E-state index contributed by atoms with van der Waals surface area (Å²) in [5.74, 6) is 0.736. The summed E-state index contributed by atoms with van der Waals surface area (Å²) in [7, 11) is 0. The summed E-state index contributed by atoms with van der Waals surface area (Å²) >= 11 is 3.34. The molecule has 3 N–H and O–H groups in total. The minimum atomic E-state index is 0.0140. The molecule has 1 rings (SSSR count). The predicted octanol–water partition coefficient (Wildman–Crippen LogP) is 1.28. The van der Waals surface area contributed by atoms with Crippen molar-refractivity contribution in [2.75, 3.05) is 13.2 Å². The first-order valence-electron chi connectivity index (χ1n) is 4.00. The van der Waals surface area contributed by atoms with Crippen LogP contribution in [0.3, 0.4) is 0 Å². The SMILES string of the molecule is NCc1cc(Br)ccc1OCCO. The van der Waals surface area contributed by atoms with E-state index in [1.54, 1.807) is 0 Å². The number of aliphatic hydroxyl groups is 1. The molecule has 0 radical (unpaired) electrons. The van der Waals surface area contributed by atoms with Crippen LogP contribution in [0.15, 0.2) is 22.7 Å². The zero-order valence-corrected chi connectivity index (χ0v) is 8.75. The molecule has 4 heteroatoms. The monoisotopic (exact) mass is 245 g/mol. The lowest BCUT2D eigenvalue weighted by atomic mass is 10.2. The second kappa shape index (κ2) is 5.21. The van der Waals surface area contributed by atoms with E-state index in [9.17, 15) is 0 Å². The molecule has 0 saturated carbocycles. The number of rotatable bonds is 4. The van der Waals surface area contributed by atoms with Crippen LogP contribution < -0.4 is 10.5 Å². The lowest BCUT2D eigenvalue weighted by molar-refractivity contribution is 0.200. The summed E-state index contributed by atoms with van der Waals surface area (Å²) < 4.78 is 6.26. The van der Waals surface area contributed by atoms with Gasteiger partial charge in [-0.05, 0) is 18.2 Å². The molecule has 0 aliphatic heterocycles. The third kappa shape index (κ3) is 2.99. The maximum absolute atomic E-state index is 8.58. The summed E-state index contributed by atoms with van der Waals surface area (Å²) in [6.45, 7) is 0.745. The third-order valence-corrected chi connectivity index (χ3v) is 2.08. The fourth-order valence-electron chi connectivity index (χ4n) is 1.00. The van der Waals surface area contributed by atoms with E-state index < -0.39 is 0 Å². The topological polar surface area (TPSA) is 55.5 Å². The highest BCUT2D eigenvalue weighted by Crippen LogP contribution is 2.22. The molecule has 0 atom stereocenters. The molecule has 0 saturated heterocycles. The number of halogens is 1. The Balaban J connectivity index is 2.79. The second-order valence-electron chi connectivity index (χ2n) is 2.53. The molecule has 1 aromatic carbocycles. The van der Waals surface area contributed by atoms with Crippen LogP contribution in [-0.2, 0) is 6.54 Å². The van der Waals surface area contributed by atoms with Crippen molar-refractivity contribution in [3.63, 3.8) is 0 Å². The first-order valence-corrected chi connectivity index (χ1v) is 4.79. The Morgan fingerprint density at radius 3 is 2.85 bits per heavy atom. The molecular weight excluding hydrogens is 234 g/mol. The average Bonchev–Trinajstić information content (AvgIpc) is 2.16. The zero-order chi connectivity index (χ0) is 9.68. The number of hydrogen-bond acceptors (Lipinski definition) is 3. The summed E-state index contributed by atoms with van der Waals surface area (Å²) in [5, 5.41) is 8.58. The summed E-state index contributed by atoms with van der Waals surface area (Å²) in [6.07, 6.45) is 0. The molecule has 72 valence electrons. The standard InChI is InChI=1S/C9H12BrNO2/c10-8-1-2-9(13-4-3-12)7(5-8)6-11/h1-2,5,12H,3-4,6,11H2. The van der Waals surface area contributed by atoms with Crippen LogP contribution >= 0.6 is 15.9 Å². The van der Waals surface area contributed by atoms with Crippen LogP contribution in [0.25, 0.3) is 0 Å². The normalized spacial score (nSPS) is 10.1. The minimum Gasteiger partial charge on any atom is -0.491 e. The van der Waals surface area contributed by atoms with E-state index in [1.807, 2.05) is 18.2 Å². The van der Waals surface area contributed by atoms with Crippen molar-refractivity contribution in [1.82, 2.24) is 0 Å². The Morgan fingerprint density at radius 2 is 2.23 bits per heavy atom. The second-order valence-corrected chi connectivity index (χ2v) is 3.44. The predicted molar refractivity (Wildman–Crippen MR) is 54.6 cm³/mol. The van der Waals surface area contributed by atoms with Gasteiger partial charge in [-0.1, -0.05) is 15.9 Å². The van der Waals surface area contributed by atoms with Crippen LogP contribution in [-0.4, -0.2) is 18.3 Å². The molecular formula is C9H12BrNO2. The van der Waals surface area contributed by atoms with Crippen molar-refractivity contribution in [2.24, 2.45) is 5.73 Å². The highest BCUT2D eigenvalue weighted by molar-refractivity contribution is 9.10. The number of hydrogen-bond donors (Lipinski definition) is 2. The summed E-state index contributed by atoms with van der Waals surface area (Å²) in [4.78, 5) is 0. The van der Waals surface area contributed by atoms with Gasteiger partial charge in [-0.15, -0.1) is 0 Å². The third-order valence-electron chi connectivity index (χ3n) is 1.59. The molecule has 13 heavy (non-hydrogen) atoms. The van der Waals surface area contributed by atoms with Crippen LogP contribution in [0.5, 0.6) is 5.75 Å². The maximum Gasteiger partial charge on any atom is 0.123 e. The van der Waals surface area contributed by atoms with Gasteiger partial charge in [-0.25, -0.2) is 0 Å². The first-order chi connectivity index (χ1) is 6.27. The Labute approximate surface area is 85.6 Å². The van der Waals surface area contributed by atoms with Gasteiger partial charge in [0.15, 0.2) is 0 Å². The Hall–Kier alpha value is -0.580. The number of aliphatic hydroxyl groups excluding tert-OH is 1. The lowest BCUT2D eigenvalue weighted by Gasteiger charge is -2.09. The van der Waals surface area contributed by atoms with Gasteiger partial charge in [0, 0.05) is 16.6 Å². The van der Waals surface area contributed by atoms with E-state index in [2.05, 4.69) is 15.9 Å². The van der Waals surface area contributed by atoms with Gasteiger partial charge in [0.2, 0.25) is 0 Å². The van der Waals surface area contributed by atoms with Crippen molar-refractivity contribution < 1.29 is 9.84 Å². The van der Waals surface area contributed by atoms with Gasteiger partial charge in [-0.3, -0.25) is 0 Å². The zero-order valence-electron chi connectivity index (χ0n) is 7.16. The van der Waals surface area contributed by atoms with Gasteiger partial charge < -0.3 is 15.6 Å². The molecule has 0 unspecified atom stereocenters. The van der Waals surface area contributed by atoms with E-state index in [0.717, 1.165) is 15.8 Å². The van der Waals surface area contributed by atoms with E-state index in [4.69, 9.17) is 15.6 Å². The van der Waals surface area contributed by atoms with Crippen molar-refractivity contribution in [3.05, 3.63) is 28.2 Å². The summed E-state index contributed by atoms with van der Waals surface area (Å²) in [6, 6.07) is 5.63. The Bertz CT molecular complexity index is 278. The largest absolute Gasteiger partial charge is 0.491 e. The summed E-state index contributed by atoms with van der Waals surface area (Å²) in [5.41, 5.74) is 6.46. The van der Waals surface area contributed by atoms with Gasteiger partial charge in [-0.2, -0.15) is 0 Å². The fourth-order valence-corrected chi connectivity index (χ4v) is 1.41. The highest BCUT2D eigenvalue weighted by Gasteiger charge is 2.01. The minimum absolute atomic E-state index is 0.0140. The van der Waals surface area contributed by atoms with E-state index in [0.29, 0.717) is 13.2 Å².